The van der Waals surface area contributed by atoms with E-state index in [0.717, 1.165) is 6.61 Å². The summed E-state index contributed by atoms with van der Waals surface area (Å²) in [6.07, 6.45) is 0.431. The summed E-state index contributed by atoms with van der Waals surface area (Å²) in [4.78, 5) is 0. The molecule has 3 heterocycles. The minimum absolute atomic E-state index is 0.0517. The van der Waals surface area contributed by atoms with Crippen LogP contribution in [0.3, 0.4) is 0 Å². The predicted octanol–water partition coefficient (Wildman–Crippen LogP) is -0.428. The van der Waals surface area contributed by atoms with Gasteiger partial charge in [0.05, 0.1) is 7.05 Å². The number of likely N-dealkylation sites (N-methyl/N-ethyl adjacent to an activating group) is 1. The topological polar surface area (TPSA) is 25.1 Å². The third-order valence-electron chi connectivity index (χ3n) is 2.80. The Kier molecular flexibility index (Phi) is 0.698. The van der Waals surface area contributed by atoms with Gasteiger partial charge in [-0.25, -0.2) is 0 Å². The minimum Gasteiger partial charge on any atom is -0.340 e. The van der Waals surface area contributed by atoms with E-state index in [1.807, 2.05) is 0 Å². The molecule has 10 heavy (non-hydrogen) atoms. The molecular weight excluding hydrogens is 130 g/mol. The maximum absolute atomic E-state index is 5.39. The van der Waals surface area contributed by atoms with Crippen LogP contribution in [0.5, 0.6) is 0 Å². The normalized spacial score (nSPS) is 53.1. The van der Waals surface area contributed by atoms with E-state index in [0.29, 0.717) is 6.10 Å². The number of rotatable bonds is 2. The van der Waals surface area contributed by atoms with Gasteiger partial charge in [-0.2, -0.15) is 0 Å². The van der Waals surface area contributed by atoms with Gasteiger partial charge in [0, 0.05) is 0 Å². The van der Waals surface area contributed by atoms with Crippen LogP contribution < -0.4 is 0 Å². The van der Waals surface area contributed by atoms with E-state index >= 15 is 0 Å². The van der Waals surface area contributed by atoms with E-state index in [2.05, 4.69) is 7.05 Å². The van der Waals surface area contributed by atoms with Crippen LogP contribution in [0.4, 0.5) is 0 Å². The maximum Gasteiger partial charge on any atom is 0.225 e. The van der Waals surface area contributed by atoms with Gasteiger partial charge in [-0.15, -0.1) is 0 Å². The second-order valence-corrected chi connectivity index (χ2v) is 3.96. The average Bonchev–Trinajstić information content (AvgIpc) is 2.68. The van der Waals surface area contributed by atoms with Crippen molar-refractivity contribution in [2.24, 2.45) is 0 Å². The average molecular weight is 142 g/mol. The summed E-state index contributed by atoms with van der Waals surface area (Å²) in [5.41, 5.74) is 0. The molecule has 3 rings (SSSR count). The Bertz CT molecular complexity index is 184. The van der Waals surface area contributed by atoms with Crippen molar-refractivity contribution in [3.8, 4) is 0 Å². The van der Waals surface area contributed by atoms with Gasteiger partial charge < -0.3 is 14.0 Å². The molecule has 0 aromatic heterocycles. The smallest absolute Gasteiger partial charge is 0.225 e. The largest absolute Gasteiger partial charge is 0.340 e. The molecule has 3 saturated heterocycles. The highest BCUT2D eigenvalue weighted by Gasteiger charge is 2.71. The van der Waals surface area contributed by atoms with Crippen LogP contribution in [0.2, 0.25) is 0 Å². The fourth-order valence-corrected chi connectivity index (χ4v) is 1.46. The zero-order valence-electron chi connectivity index (χ0n) is 6.17. The predicted molar refractivity (Wildman–Crippen MR) is 34.3 cm³/mol. The molecule has 3 aliphatic heterocycles. The standard InChI is InChI=1S/C7H12NO2/c1-8(2-3-8)4-6-7(10-6)5-9-7/h6H,2-5H2,1H3/q+1. The molecule has 3 aliphatic rings. The zero-order chi connectivity index (χ0) is 6.82. The van der Waals surface area contributed by atoms with E-state index in [-0.39, 0.29) is 5.79 Å². The summed E-state index contributed by atoms with van der Waals surface area (Å²) < 4.78 is 11.8. The number of quaternary nitrogens is 1. The summed E-state index contributed by atoms with van der Waals surface area (Å²) in [7, 11) is 2.28. The molecule has 0 saturated carbocycles. The molecule has 0 bridgehead atoms. The van der Waals surface area contributed by atoms with Gasteiger partial charge in [-0.3, -0.25) is 0 Å². The Morgan fingerprint density at radius 3 is 2.70 bits per heavy atom. The van der Waals surface area contributed by atoms with Crippen molar-refractivity contribution in [3.63, 3.8) is 0 Å². The van der Waals surface area contributed by atoms with E-state index in [1.54, 1.807) is 0 Å². The van der Waals surface area contributed by atoms with Gasteiger partial charge in [0.1, 0.15) is 26.2 Å². The Morgan fingerprint density at radius 1 is 1.60 bits per heavy atom. The number of epoxide rings is 2. The van der Waals surface area contributed by atoms with Gasteiger partial charge in [-0.05, 0) is 0 Å². The first-order chi connectivity index (χ1) is 4.73. The quantitative estimate of drug-likeness (QED) is 0.386. The molecule has 0 N–H and O–H groups in total. The van der Waals surface area contributed by atoms with E-state index in [4.69, 9.17) is 9.47 Å². The summed E-state index contributed by atoms with van der Waals surface area (Å²) >= 11 is 0. The maximum atomic E-state index is 5.39. The molecule has 2 atom stereocenters. The van der Waals surface area contributed by atoms with Crippen LogP contribution in [0, 0.1) is 0 Å². The van der Waals surface area contributed by atoms with Gasteiger partial charge in [0.25, 0.3) is 0 Å². The Balaban J connectivity index is 1.61. The molecule has 0 radical (unpaired) electrons. The summed E-state index contributed by atoms with van der Waals surface area (Å²) in [6, 6.07) is 0. The third kappa shape index (κ3) is 0.654. The molecule has 56 valence electrons. The molecule has 3 nitrogen and oxygen atoms in total. The van der Waals surface area contributed by atoms with Crippen molar-refractivity contribution in [2.45, 2.75) is 11.9 Å². The van der Waals surface area contributed by atoms with Gasteiger partial charge >= 0.3 is 0 Å². The molecular formula is C7H12NO2+. The molecule has 0 aliphatic carbocycles. The molecule has 3 heteroatoms. The van der Waals surface area contributed by atoms with Crippen LogP contribution in [0.15, 0.2) is 0 Å². The first-order valence-corrected chi connectivity index (χ1v) is 3.88. The Hall–Kier alpha value is -0.120. The van der Waals surface area contributed by atoms with Crippen molar-refractivity contribution < 1.29 is 14.0 Å². The highest BCUT2D eigenvalue weighted by molar-refractivity contribution is 5.04. The summed E-state index contributed by atoms with van der Waals surface area (Å²) in [5.74, 6) is -0.0517. The lowest BCUT2D eigenvalue weighted by atomic mass is 10.3. The van der Waals surface area contributed by atoms with E-state index in [1.165, 1.54) is 24.1 Å². The third-order valence-corrected chi connectivity index (χ3v) is 2.80. The molecule has 0 amide bonds. The monoisotopic (exact) mass is 142 g/mol. The molecule has 2 unspecified atom stereocenters. The lowest BCUT2D eigenvalue weighted by Gasteiger charge is -2.07. The van der Waals surface area contributed by atoms with Crippen LogP contribution in [-0.4, -0.2) is 49.7 Å². The fourth-order valence-electron chi connectivity index (χ4n) is 1.46. The number of hydrogen-bond donors (Lipinski definition) is 0. The highest BCUT2D eigenvalue weighted by Crippen LogP contribution is 2.50. The lowest BCUT2D eigenvalue weighted by Crippen LogP contribution is -2.26. The molecule has 0 aromatic carbocycles. The second-order valence-electron chi connectivity index (χ2n) is 3.96. The van der Waals surface area contributed by atoms with Crippen molar-refractivity contribution in [1.29, 1.82) is 0 Å². The van der Waals surface area contributed by atoms with Gasteiger partial charge in [0.2, 0.25) is 5.79 Å². The molecule has 3 fully saturated rings. The minimum atomic E-state index is -0.0517. The SMILES string of the molecule is C[N+]1(CC2OC23CO3)CC1. The van der Waals surface area contributed by atoms with E-state index in [9.17, 15) is 0 Å². The van der Waals surface area contributed by atoms with Crippen LogP contribution in [0.25, 0.3) is 0 Å². The highest BCUT2D eigenvalue weighted by atomic mass is 16.9. The van der Waals surface area contributed by atoms with E-state index < -0.39 is 0 Å². The van der Waals surface area contributed by atoms with Crippen LogP contribution in [-0.2, 0) is 9.47 Å². The molecule has 0 aromatic rings. The molecule has 1 spiro atoms. The number of hydrogen-bond acceptors (Lipinski definition) is 2. The first kappa shape index (κ1) is 5.52. The van der Waals surface area contributed by atoms with Gasteiger partial charge in [-0.1, -0.05) is 0 Å². The first-order valence-electron chi connectivity index (χ1n) is 3.88. The number of nitrogens with zero attached hydrogens (tertiary/aromatic N) is 1. The van der Waals surface area contributed by atoms with Crippen molar-refractivity contribution in [3.05, 3.63) is 0 Å². The Labute approximate surface area is 60.1 Å². The van der Waals surface area contributed by atoms with Crippen LogP contribution >= 0.6 is 0 Å². The number of ether oxygens (including phenoxy) is 2. The summed E-state index contributed by atoms with van der Waals surface area (Å²) in [6.45, 7) is 4.67. The van der Waals surface area contributed by atoms with Crippen molar-refractivity contribution in [1.82, 2.24) is 0 Å². The zero-order valence-corrected chi connectivity index (χ0v) is 6.17. The lowest BCUT2D eigenvalue weighted by molar-refractivity contribution is -0.778. The second kappa shape index (κ2) is 1.26. The van der Waals surface area contributed by atoms with Gasteiger partial charge in [0.15, 0.2) is 6.10 Å². The van der Waals surface area contributed by atoms with Crippen molar-refractivity contribution >= 4 is 0 Å². The van der Waals surface area contributed by atoms with Crippen molar-refractivity contribution in [2.75, 3.05) is 33.3 Å². The fraction of sp³-hybridized carbons (Fsp3) is 1.00. The Morgan fingerprint density at radius 2 is 2.30 bits per heavy atom. The summed E-state index contributed by atoms with van der Waals surface area (Å²) in [5, 5.41) is 0. The van der Waals surface area contributed by atoms with Crippen LogP contribution in [0.1, 0.15) is 0 Å².